The lowest BCUT2D eigenvalue weighted by atomic mass is 10.0. The molecule has 0 aromatic heterocycles. The lowest BCUT2D eigenvalue weighted by Gasteiger charge is -2.24. The normalized spacial score (nSPS) is 11.5. The second kappa shape index (κ2) is 9.59. The van der Waals surface area contributed by atoms with Crippen molar-refractivity contribution in [1.82, 2.24) is 0 Å². The Morgan fingerprint density at radius 2 is 1.48 bits per heavy atom. The van der Waals surface area contributed by atoms with E-state index in [9.17, 15) is 13.2 Å². The van der Waals surface area contributed by atoms with Gasteiger partial charge in [0.15, 0.2) is 0 Å². The maximum Gasteiger partial charge on any atom is 0.272 e. The third-order valence-electron chi connectivity index (χ3n) is 5.75. The van der Waals surface area contributed by atoms with E-state index in [2.05, 4.69) is 6.92 Å². The SMILES string of the molecule is CCCCc1ccc(N(C(=O)c2cccc3ccccc23)S(=O)(=O)c2ccc(C)cc2)cc1. The van der Waals surface area contributed by atoms with Crippen molar-refractivity contribution in [3.8, 4) is 0 Å². The summed E-state index contributed by atoms with van der Waals surface area (Å²) in [7, 11) is -4.13. The van der Waals surface area contributed by atoms with E-state index in [1.165, 1.54) is 0 Å². The van der Waals surface area contributed by atoms with Gasteiger partial charge in [0.2, 0.25) is 0 Å². The molecule has 0 saturated heterocycles. The van der Waals surface area contributed by atoms with Crippen molar-refractivity contribution in [3.05, 3.63) is 108 Å². The van der Waals surface area contributed by atoms with Gasteiger partial charge in [0.05, 0.1) is 10.6 Å². The summed E-state index contributed by atoms with van der Waals surface area (Å²) in [6, 6.07) is 26.7. The van der Waals surface area contributed by atoms with E-state index in [1.54, 1.807) is 48.5 Å². The number of hydrogen-bond donors (Lipinski definition) is 0. The van der Waals surface area contributed by atoms with Crippen molar-refractivity contribution >= 4 is 32.4 Å². The number of unbranched alkanes of at least 4 members (excludes halogenated alkanes) is 1. The number of fused-ring (bicyclic) bond motifs is 1. The summed E-state index contributed by atoms with van der Waals surface area (Å²) in [6.45, 7) is 4.03. The fourth-order valence-corrected chi connectivity index (χ4v) is 5.29. The van der Waals surface area contributed by atoms with Gasteiger partial charge in [-0.1, -0.05) is 79.6 Å². The molecule has 5 heteroatoms. The Labute approximate surface area is 195 Å². The van der Waals surface area contributed by atoms with Crippen molar-refractivity contribution < 1.29 is 13.2 Å². The van der Waals surface area contributed by atoms with Crippen LogP contribution in [0.5, 0.6) is 0 Å². The van der Waals surface area contributed by atoms with Gasteiger partial charge in [-0.15, -0.1) is 0 Å². The predicted molar refractivity (Wildman–Crippen MR) is 134 cm³/mol. The first-order valence-corrected chi connectivity index (χ1v) is 12.6. The zero-order valence-corrected chi connectivity index (χ0v) is 19.7. The minimum atomic E-state index is -4.13. The topological polar surface area (TPSA) is 54.5 Å². The molecule has 0 spiro atoms. The summed E-state index contributed by atoms with van der Waals surface area (Å²) < 4.78 is 28.4. The van der Waals surface area contributed by atoms with Gasteiger partial charge in [-0.2, -0.15) is 4.31 Å². The van der Waals surface area contributed by atoms with Crippen molar-refractivity contribution in [3.63, 3.8) is 0 Å². The molecule has 1 amide bonds. The maximum absolute atomic E-state index is 13.8. The lowest BCUT2D eigenvalue weighted by molar-refractivity contribution is 0.101. The summed E-state index contributed by atoms with van der Waals surface area (Å²) in [4.78, 5) is 13.9. The number of benzene rings is 4. The molecule has 0 saturated carbocycles. The molecule has 33 heavy (non-hydrogen) atoms. The Hall–Kier alpha value is -3.44. The third-order valence-corrected chi connectivity index (χ3v) is 7.48. The van der Waals surface area contributed by atoms with Crippen LogP contribution in [-0.2, 0) is 16.4 Å². The fraction of sp³-hybridized carbons (Fsp3) is 0.179. The van der Waals surface area contributed by atoms with Crippen LogP contribution in [0.1, 0.15) is 41.3 Å². The first-order chi connectivity index (χ1) is 15.9. The minimum absolute atomic E-state index is 0.0803. The first-order valence-electron chi connectivity index (χ1n) is 11.1. The van der Waals surface area contributed by atoms with Crippen LogP contribution in [0.15, 0.2) is 95.9 Å². The molecule has 0 fully saturated rings. The number of anilines is 1. The predicted octanol–water partition coefficient (Wildman–Crippen LogP) is 6.53. The quantitative estimate of drug-likeness (QED) is 0.317. The summed E-state index contributed by atoms with van der Waals surface area (Å²) in [5.41, 5.74) is 2.74. The monoisotopic (exact) mass is 457 g/mol. The van der Waals surface area contributed by atoms with Gasteiger partial charge in [0, 0.05) is 5.56 Å². The van der Waals surface area contributed by atoms with Crippen LogP contribution in [0, 0.1) is 6.92 Å². The van der Waals surface area contributed by atoms with Gasteiger partial charge in [0.25, 0.3) is 15.9 Å². The number of rotatable bonds is 7. The van der Waals surface area contributed by atoms with Crippen LogP contribution in [-0.4, -0.2) is 14.3 Å². The average molecular weight is 458 g/mol. The van der Waals surface area contributed by atoms with Crippen LogP contribution >= 0.6 is 0 Å². The molecule has 4 nitrogen and oxygen atoms in total. The molecule has 0 aliphatic carbocycles. The number of carbonyl (C=O) groups is 1. The highest BCUT2D eigenvalue weighted by atomic mass is 32.2. The molecular formula is C28H27NO3S. The van der Waals surface area contributed by atoms with E-state index in [0.29, 0.717) is 16.6 Å². The van der Waals surface area contributed by atoms with E-state index >= 15 is 0 Å². The van der Waals surface area contributed by atoms with Gasteiger partial charge in [0.1, 0.15) is 0 Å². The van der Waals surface area contributed by atoms with E-state index in [1.807, 2.05) is 49.4 Å². The van der Waals surface area contributed by atoms with Gasteiger partial charge < -0.3 is 0 Å². The van der Waals surface area contributed by atoms with Crippen molar-refractivity contribution in [2.24, 2.45) is 0 Å². The minimum Gasteiger partial charge on any atom is -0.268 e. The maximum atomic E-state index is 13.8. The number of hydrogen-bond acceptors (Lipinski definition) is 3. The molecule has 4 aromatic carbocycles. The van der Waals surface area contributed by atoms with Gasteiger partial charge in [-0.3, -0.25) is 4.79 Å². The molecule has 0 aliphatic rings. The number of sulfonamides is 1. The summed E-state index contributed by atoms with van der Waals surface area (Å²) >= 11 is 0. The molecule has 0 N–H and O–H groups in total. The molecule has 4 rings (SSSR count). The number of carbonyl (C=O) groups excluding carboxylic acids is 1. The Balaban J connectivity index is 1.85. The third kappa shape index (κ3) is 4.69. The van der Waals surface area contributed by atoms with E-state index in [4.69, 9.17) is 0 Å². The molecule has 0 heterocycles. The van der Waals surface area contributed by atoms with Gasteiger partial charge in [-0.05, 0) is 66.4 Å². The molecular weight excluding hydrogens is 430 g/mol. The Morgan fingerprint density at radius 3 is 2.18 bits per heavy atom. The number of aryl methyl sites for hydroxylation is 2. The highest BCUT2D eigenvalue weighted by Crippen LogP contribution is 2.29. The molecule has 0 aliphatic heterocycles. The molecule has 0 bridgehead atoms. The zero-order valence-electron chi connectivity index (χ0n) is 18.9. The summed E-state index contributed by atoms with van der Waals surface area (Å²) in [6.07, 6.45) is 3.05. The molecule has 4 aromatic rings. The van der Waals surface area contributed by atoms with E-state index in [-0.39, 0.29) is 4.90 Å². The first kappa shape index (κ1) is 22.7. The summed E-state index contributed by atoms with van der Waals surface area (Å²) in [5, 5.41) is 1.60. The van der Waals surface area contributed by atoms with Crippen LogP contribution in [0.4, 0.5) is 5.69 Å². The van der Waals surface area contributed by atoms with Crippen LogP contribution in [0.3, 0.4) is 0 Å². The molecule has 0 atom stereocenters. The number of nitrogens with zero attached hydrogens (tertiary/aromatic N) is 1. The Kier molecular flexibility index (Phi) is 6.61. The Bertz CT molecular complexity index is 1370. The van der Waals surface area contributed by atoms with Crippen molar-refractivity contribution in [1.29, 1.82) is 0 Å². The van der Waals surface area contributed by atoms with Crippen LogP contribution < -0.4 is 4.31 Å². The number of amides is 1. The second-order valence-corrected chi connectivity index (χ2v) is 9.97. The van der Waals surface area contributed by atoms with Crippen molar-refractivity contribution in [2.45, 2.75) is 38.0 Å². The highest BCUT2D eigenvalue weighted by Gasteiger charge is 2.32. The van der Waals surface area contributed by atoms with Crippen molar-refractivity contribution in [2.75, 3.05) is 4.31 Å². The van der Waals surface area contributed by atoms with Gasteiger partial charge >= 0.3 is 0 Å². The van der Waals surface area contributed by atoms with E-state index < -0.39 is 15.9 Å². The van der Waals surface area contributed by atoms with Gasteiger partial charge in [-0.25, -0.2) is 8.42 Å². The van der Waals surface area contributed by atoms with E-state index in [0.717, 1.165) is 40.1 Å². The fourth-order valence-electron chi connectivity index (χ4n) is 3.88. The second-order valence-electron chi connectivity index (χ2n) is 8.18. The largest absolute Gasteiger partial charge is 0.272 e. The standard InChI is InChI=1S/C28H27NO3S/c1-3-4-8-22-15-17-24(18-16-22)29(33(31,32)25-19-13-21(2)14-20-25)28(30)27-12-7-10-23-9-5-6-11-26(23)27/h5-7,9-20H,3-4,8H2,1-2H3. The molecule has 0 unspecified atom stereocenters. The van der Waals surface area contributed by atoms with Crippen LogP contribution in [0.2, 0.25) is 0 Å². The zero-order chi connectivity index (χ0) is 23.4. The highest BCUT2D eigenvalue weighted by molar-refractivity contribution is 7.93. The van der Waals surface area contributed by atoms with Crippen LogP contribution in [0.25, 0.3) is 10.8 Å². The Morgan fingerprint density at radius 1 is 0.818 bits per heavy atom. The average Bonchev–Trinajstić information content (AvgIpc) is 2.83. The lowest BCUT2D eigenvalue weighted by Crippen LogP contribution is -2.37. The molecule has 168 valence electrons. The summed E-state index contributed by atoms with van der Waals surface area (Å²) in [5.74, 6) is -0.575. The molecule has 0 radical (unpaired) electrons. The smallest absolute Gasteiger partial charge is 0.268 e.